The van der Waals surface area contributed by atoms with Gasteiger partial charge in [-0.2, -0.15) is 0 Å². The second-order valence-corrected chi connectivity index (χ2v) is 6.43. The Kier molecular flexibility index (Phi) is 5.88. The number of benzene rings is 1. The SMILES string of the molecule is CC(CN)(NC(=O)CCCNC(=O)c1ccc(F)cc1F)C1CC1. The van der Waals surface area contributed by atoms with Crippen LogP contribution in [0.3, 0.4) is 0 Å². The van der Waals surface area contributed by atoms with Crippen molar-refractivity contribution in [1.82, 2.24) is 10.6 Å². The van der Waals surface area contributed by atoms with Gasteiger partial charge in [0.15, 0.2) is 0 Å². The van der Waals surface area contributed by atoms with Crippen LogP contribution in [0, 0.1) is 17.6 Å². The van der Waals surface area contributed by atoms with Crippen LogP contribution >= 0.6 is 0 Å². The first kappa shape index (κ1) is 18.3. The van der Waals surface area contributed by atoms with Gasteiger partial charge in [0, 0.05) is 25.6 Å². The second-order valence-electron chi connectivity index (χ2n) is 6.43. The Morgan fingerprint density at radius 2 is 2.04 bits per heavy atom. The van der Waals surface area contributed by atoms with Crippen LogP contribution in [0.1, 0.15) is 43.0 Å². The summed E-state index contributed by atoms with van der Waals surface area (Å²) in [7, 11) is 0. The van der Waals surface area contributed by atoms with Crippen LogP contribution in [-0.4, -0.2) is 30.4 Å². The Morgan fingerprint density at radius 3 is 2.62 bits per heavy atom. The minimum absolute atomic E-state index is 0.114. The highest BCUT2D eigenvalue weighted by atomic mass is 19.1. The lowest BCUT2D eigenvalue weighted by Crippen LogP contribution is -2.53. The van der Waals surface area contributed by atoms with E-state index in [1.807, 2.05) is 6.92 Å². The molecule has 132 valence electrons. The summed E-state index contributed by atoms with van der Waals surface area (Å²) in [4.78, 5) is 23.8. The van der Waals surface area contributed by atoms with Crippen LogP contribution in [0.2, 0.25) is 0 Å². The third kappa shape index (κ3) is 4.74. The molecule has 1 aromatic carbocycles. The summed E-state index contributed by atoms with van der Waals surface area (Å²) in [5.74, 6) is -1.95. The zero-order valence-electron chi connectivity index (χ0n) is 13.7. The molecule has 5 nitrogen and oxygen atoms in total. The van der Waals surface area contributed by atoms with E-state index in [0.29, 0.717) is 24.9 Å². The summed E-state index contributed by atoms with van der Waals surface area (Å²) in [6.45, 7) is 2.57. The van der Waals surface area contributed by atoms with Crippen molar-refractivity contribution in [3.63, 3.8) is 0 Å². The summed E-state index contributed by atoms with van der Waals surface area (Å²) < 4.78 is 26.3. The smallest absolute Gasteiger partial charge is 0.254 e. The molecule has 1 aliphatic rings. The van der Waals surface area contributed by atoms with Crippen molar-refractivity contribution in [2.75, 3.05) is 13.1 Å². The standard InChI is InChI=1S/C17H23F2N3O2/c1-17(10-20,11-4-5-11)22-15(23)3-2-8-21-16(24)13-7-6-12(18)9-14(13)19/h6-7,9,11H,2-5,8,10,20H2,1H3,(H,21,24)(H,22,23). The zero-order chi connectivity index (χ0) is 17.7. The second kappa shape index (κ2) is 7.70. The van der Waals surface area contributed by atoms with Crippen LogP contribution in [0.15, 0.2) is 18.2 Å². The molecule has 1 aromatic rings. The molecule has 0 aromatic heterocycles. The summed E-state index contributed by atoms with van der Waals surface area (Å²) in [6.07, 6.45) is 2.82. The average Bonchev–Trinajstić information content (AvgIpc) is 3.36. The van der Waals surface area contributed by atoms with Crippen molar-refractivity contribution in [2.24, 2.45) is 11.7 Å². The molecule has 0 aliphatic heterocycles. The van der Waals surface area contributed by atoms with Gasteiger partial charge in [0.05, 0.1) is 11.1 Å². The third-order valence-electron chi connectivity index (χ3n) is 4.37. The molecule has 0 bridgehead atoms. The first-order chi connectivity index (χ1) is 11.4. The van der Waals surface area contributed by atoms with E-state index < -0.39 is 17.5 Å². The molecule has 1 atom stereocenters. The lowest BCUT2D eigenvalue weighted by Gasteiger charge is -2.29. The van der Waals surface area contributed by atoms with E-state index in [-0.39, 0.29) is 30.0 Å². The molecule has 1 fully saturated rings. The molecule has 1 aliphatic carbocycles. The summed E-state index contributed by atoms with van der Waals surface area (Å²) in [6, 6.07) is 2.78. The predicted octanol–water partition coefficient (Wildman–Crippen LogP) is 1.72. The quantitative estimate of drug-likeness (QED) is 0.631. The number of nitrogens with two attached hydrogens (primary N) is 1. The highest BCUT2D eigenvalue weighted by Crippen LogP contribution is 2.38. The monoisotopic (exact) mass is 339 g/mol. The van der Waals surface area contributed by atoms with Crippen molar-refractivity contribution >= 4 is 11.8 Å². The minimum Gasteiger partial charge on any atom is -0.352 e. The Bertz CT molecular complexity index is 620. The molecule has 1 unspecified atom stereocenters. The summed E-state index contributed by atoms with van der Waals surface area (Å²) in [5.41, 5.74) is 5.17. The molecule has 0 radical (unpaired) electrons. The van der Waals surface area contributed by atoms with Crippen LogP contribution in [0.5, 0.6) is 0 Å². The lowest BCUT2D eigenvalue weighted by molar-refractivity contribution is -0.123. The van der Waals surface area contributed by atoms with Gasteiger partial charge in [-0.25, -0.2) is 8.78 Å². The number of hydrogen-bond acceptors (Lipinski definition) is 3. The number of nitrogens with one attached hydrogen (secondary N) is 2. The maximum absolute atomic E-state index is 13.5. The highest BCUT2D eigenvalue weighted by molar-refractivity contribution is 5.94. The van der Waals surface area contributed by atoms with Gasteiger partial charge in [-0.1, -0.05) is 0 Å². The largest absolute Gasteiger partial charge is 0.352 e. The van der Waals surface area contributed by atoms with Gasteiger partial charge >= 0.3 is 0 Å². The maximum Gasteiger partial charge on any atom is 0.254 e. The van der Waals surface area contributed by atoms with Crippen LogP contribution in [0.25, 0.3) is 0 Å². The normalized spacial score (nSPS) is 16.3. The average molecular weight is 339 g/mol. The van der Waals surface area contributed by atoms with E-state index in [9.17, 15) is 18.4 Å². The Balaban J connectivity index is 1.72. The highest BCUT2D eigenvalue weighted by Gasteiger charge is 2.41. The first-order valence-corrected chi connectivity index (χ1v) is 8.10. The van der Waals surface area contributed by atoms with Gasteiger partial charge in [0.25, 0.3) is 5.91 Å². The molecule has 1 saturated carbocycles. The van der Waals surface area contributed by atoms with Crippen molar-refractivity contribution in [2.45, 2.75) is 38.1 Å². The van der Waals surface area contributed by atoms with Gasteiger partial charge in [0.2, 0.25) is 5.91 Å². The van der Waals surface area contributed by atoms with Crippen molar-refractivity contribution < 1.29 is 18.4 Å². The minimum atomic E-state index is -0.909. The fraction of sp³-hybridized carbons (Fsp3) is 0.529. The van der Waals surface area contributed by atoms with Gasteiger partial charge in [0.1, 0.15) is 11.6 Å². The fourth-order valence-corrected chi connectivity index (χ4v) is 2.64. The molecule has 2 rings (SSSR count). The zero-order valence-corrected chi connectivity index (χ0v) is 13.7. The van der Waals surface area contributed by atoms with Crippen LogP contribution in [-0.2, 0) is 4.79 Å². The Hall–Kier alpha value is -2.02. The molecule has 7 heteroatoms. The molecule has 4 N–H and O–H groups in total. The Morgan fingerprint density at radius 1 is 1.33 bits per heavy atom. The number of amides is 2. The summed E-state index contributed by atoms with van der Waals surface area (Å²) in [5, 5.41) is 5.48. The molecular formula is C17H23F2N3O2. The molecule has 24 heavy (non-hydrogen) atoms. The summed E-state index contributed by atoms with van der Waals surface area (Å²) >= 11 is 0. The Labute approximate surface area is 140 Å². The van der Waals surface area contributed by atoms with E-state index in [0.717, 1.165) is 25.0 Å². The van der Waals surface area contributed by atoms with Gasteiger partial charge < -0.3 is 16.4 Å². The van der Waals surface area contributed by atoms with E-state index in [2.05, 4.69) is 10.6 Å². The fourth-order valence-electron chi connectivity index (χ4n) is 2.64. The van der Waals surface area contributed by atoms with E-state index >= 15 is 0 Å². The molecule has 2 amide bonds. The van der Waals surface area contributed by atoms with E-state index in [1.54, 1.807) is 0 Å². The molecule has 0 saturated heterocycles. The number of carbonyl (C=O) groups is 2. The van der Waals surface area contributed by atoms with Gasteiger partial charge in [-0.15, -0.1) is 0 Å². The molecular weight excluding hydrogens is 316 g/mol. The van der Waals surface area contributed by atoms with Crippen molar-refractivity contribution in [3.05, 3.63) is 35.4 Å². The number of halogens is 2. The van der Waals surface area contributed by atoms with E-state index in [4.69, 9.17) is 5.73 Å². The lowest BCUT2D eigenvalue weighted by atomic mass is 9.95. The number of rotatable bonds is 8. The van der Waals surface area contributed by atoms with Crippen LogP contribution in [0.4, 0.5) is 8.78 Å². The molecule has 0 spiro atoms. The van der Waals surface area contributed by atoms with E-state index in [1.165, 1.54) is 0 Å². The molecule has 0 heterocycles. The number of hydrogen-bond donors (Lipinski definition) is 3. The third-order valence-corrected chi connectivity index (χ3v) is 4.37. The first-order valence-electron chi connectivity index (χ1n) is 8.10. The van der Waals surface area contributed by atoms with Crippen molar-refractivity contribution in [3.8, 4) is 0 Å². The van der Waals surface area contributed by atoms with Crippen LogP contribution < -0.4 is 16.4 Å². The topological polar surface area (TPSA) is 84.2 Å². The van der Waals surface area contributed by atoms with Gasteiger partial charge in [-0.3, -0.25) is 9.59 Å². The van der Waals surface area contributed by atoms with Crippen molar-refractivity contribution in [1.29, 1.82) is 0 Å². The number of carbonyl (C=O) groups excluding carboxylic acids is 2. The predicted molar refractivity (Wildman–Crippen MR) is 86.3 cm³/mol. The van der Waals surface area contributed by atoms with Gasteiger partial charge in [-0.05, 0) is 44.2 Å². The maximum atomic E-state index is 13.5.